The van der Waals surface area contributed by atoms with Gasteiger partial charge < -0.3 is 15.3 Å². The number of carbonyl (C=O) groups excluding carboxylic acids is 1. The fourth-order valence-corrected chi connectivity index (χ4v) is 2.00. The minimum atomic E-state index is -0.783. The third kappa shape index (κ3) is 3.92. The van der Waals surface area contributed by atoms with Gasteiger partial charge >= 0.3 is 0 Å². The van der Waals surface area contributed by atoms with Crippen LogP contribution < -0.4 is 10.2 Å². The number of nitrogens with zero attached hydrogens (tertiary/aromatic N) is 1. The van der Waals surface area contributed by atoms with Crippen LogP contribution in [0.3, 0.4) is 0 Å². The largest absolute Gasteiger partial charge is 0.389 e. The molecule has 0 spiro atoms. The van der Waals surface area contributed by atoms with E-state index >= 15 is 0 Å². The highest BCUT2D eigenvalue weighted by Gasteiger charge is 2.19. The molecule has 1 amide bonds. The first kappa shape index (κ1) is 15.4. The molecule has 1 unspecified atom stereocenters. The number of aliphatic hydroxyl groups excluding tert-OH is 1. The number of hydrogen-bond donors (Lipinski definition) is 2. The number of rotatable bonds is 6. The van der Waals surface area contributed by atoms with Gasteiger partial charge in [0.05, 0.1) is 18.3 Å². The molecule has 0 saturated carbocycles. The molecule has 106 valence electrons. The Morgan fingerprint density at radius 1 is 1.53 bits per heavy atom. The molecular weight excluding hydrogens is 247 g/mol. The summed E-state index contributed by atoms with van der Waals surface area (Å²) in [5.41, 5.74) is 0.806. The summed E-state index contributed by atoms with van der Waals surface area (Å²) >= 11 is 0. The maximum atomic E-state index is 14.1. The van der Waals surface area contributed by atoms with E-state index in [0.717, 1.165) is 6.42 Å². The molecule has 0 fully saturated rings. The summed E-state index contributed by atoms with van der Waals surface area (Å²) in [6, 6.07) is 4.58. The number of amides is 1. The normalized spacial score (nSPS) is 12.1. The molecule has 0 bridgehead atoms. The van der Waals surface area contributed by atoms with Crippen molar-refractivity contribution in [2.24, 2.45) is 0 Å². The number of hydrogen-bond acceptors (Lipinski definition) is 3. The quantitative estimate of drug-likeness (QED) is 0.827. The smallest absolute Gasteiger partial charge is 0.239 e. The Morgan fingerprint density at radius 2 is 2.21 bits per heavy atom. The lowest BCUT2D eigenvalue weighted by Crippen LogP contribution is -2.37. The van der Waals surface area contributed by atoms with E-state index in [1.807, 2.05) is 6.92 Å². The fourth-order valence-electron chi connectivity index (χ4n) is 2.00. The first-order valence-electron chi connectivity index (χ1n) is 6.43. The van der Waals surface area contributed by atoms with Crippen LogP contribution in [0, 0.1) is 5.82 Å². The van der Waals surface area contributed by atoms with Crippen LogP contribution in [0.5, 0.6) is 0 Å². The fraction of sp³-hybridized carbons (Fsp3) is 0.500. The minimum Gasteiger partial charge on any atom is -0.389 e. The van der Waals surface area contributed by atoms with E-state index in [1.165, 1.54) is 6.07 Å². The van der Waals surface area contributed by atoms with Gasteiger partial charge in [-0.3, -0.25) is 4.79 Å². The van der Waals surface area contributed by atoms with Crippen LogP contribution in [-0.4, -0.2) is 31.2 Å². The SMILES string of the molecule is CCCN(CC(=O)NC)c1c(F)cccc1C(C)O. The molecular formula is C14H21FN2O2. The number of likely N-dealkylation sites (N-methyl/N-ethyl adjacent to an activating group) is 1. The van der Waals surface area contributed by atoms with Crippen LogP contribution in [0.1, 0.15) is 31.9 Å². The van der Waals surface area contributed by atoms with Gasteiger partial charge in [0.2, 0.25) is 5.91 Å². The van der Waals surface area contributed by atoms with E-state index in [4.69, 9.17) is 0 Å². The summed E-state index contributed by atoms with van der Waals surface area (Å²) in [6.45, 7) is 4.17. The van der Waals surface area contributed by atoms with Crippen molar-refractivity contribution in [1.29, 1.82) is 0 Å². The Balaban J connectivity index is 3.17. The Kier molecular flexibility index (Phi) is 5.76. The highest BCUT2D eigenvalue weighted by atomic mass is 19.1. The summed E-state index contributed by atoms with van der Waals surface area (Å²) in [5.74, 6) is -0.607. The molecule has 1 aromatic rings. The summed E-state index contributed by atoms with van der Waals surface area (Å²) in [4.78, 5) is 13.2. The second kappa shape index (κ2) is 7.09. The van der Waals surface area contributed by atoms with Crippen LogP contribution in [0.25, 0.3) is 0 Å². The second-order valence-corrected chi connectivity index (χ2v) is 4.45. The molecule has 2 N–H and O–H groups in total. The average molecular weight is 268 g/mol. The van der Waals surface area contributed by atoms with Crippen molar-refractivity contribution in [1.82, 2.24) is 5.32 Å². The summed E-state index contributed by atoms with van der Waals surface area (Å²) in [5, 5.41) is 12.3. The lowest BCUT2D eigenvalue weighted by atomic mass is 10.1. The van der Waals surface area contributed by atoms with Gasteiger partial charge in [0.1, 0.15) is 5.82 Å². The molecule has 1 rings (SSSR count). The van der Waals surface area contributed by atoms with Crippen molar-refractivity contribution < 1.29 is 14.3 Å². The minimum absolute atomic E-state index is 0.0744. The third-order valence-electron chi connectivity index (χ3n) is 2.89. The van der Waals surface area contributed by atoms with Gasteiger partial charge in [0.25, 0.3) is 0 Å². The van der Waals surface area contributed by atoms with Gasteiger partial charge in [0, 0.05) is 19.2 Å². The van der Waals surface area contributed by atoms with Gasteiger partial charge in [-0.25, -0.2) is 4.39 Å². The van der Waals surface area contributed by atoms with E-state index in [0.29, 0.717) is 17.8 Å². The molecule has 5 heteroatoms. The predicted octanol–water partition coefficient (Wildman–Crippen LogP) is 1.84. The van der Waals surface area contributed by atoms with Crippen molar-refractivity contribution in [3.8, 4) is 0 Å². The Hall–Kier alpha value is -1.62. The molecule has 1 aromatic carbocycles. The van der Waals surface area contributed by atoms with Crippen molar-refractivity contribution in [2.45, 2.75) is 26.4 Å². The molecule has 0 aliphatic rings. The first-order chi connectivity index (χ1) is 9.01. The van der Waals surface area contributed by atoms with Crippen LogP contribution >= 0.6 is 0 Å². The van der Waals surface area contributed by atoms with Gasteiger partial charge in [0.15, 0.2) is 0 Å². The molecule has 0 heterocycles. The second-order valence-electron chi connectivity index (χ2n) is 4.45. The average Bonchev–Trinajstić information content (AvgIpc) is 2.37. The highest BCUT2D eigenvalue weighted by Crippen LogP contribution is 2.29. The number of benzene rings is 1. The van der Waals surface area contributed by atoms with Crippen LogP contribution in [-0.2, 0) is 4.79 Å². The number of anilines is 1. The third-order valence-corrected chi connectivity index (χ3v) is 2.89. The van der Waals surface area contributed by atoms with Gasteiger partial charge in [-0.1, -0.05) is 19.1 Å². The first-order valence-corrected chi connectivity index (χ1v) is 6.43. The lowest BCUT2D eigenvalue weighted by Gasteiger charge is -2.27. The zero-order valence-corrected chi connectivity index (χ0v) is 11.6. The topological polar surface area (TPSA) is 52.6 Å². The molecule has 0 aliphatic carbocycles. The Labute approximate surface area is 113 Å². The van der Waals surface area contributed by atoms with E-state index in [1.54, 1.807) is 31.0 Å². The van der Waals surface area contributed by atoms with Gasteiger partial charge in [-0.15, -0.1) is 0 Å². The van der Waals surface area contributed by atoms with Gasteiger partial charge in [-0.05, 0) is 19.4 Å². The summed E-state index contributed by atoms with van der Waals surface area (Å²) < 4.78 is 14.1. The molecule has 19 heavy (non-hydrogen) atoms. The van der Waals surface area contributed by atoms with E-state index in [2.05, 4.69) is 5.32 Å². The number of carbonyl (C=O) groups is 1. The van der Waals surface area contributed by atoms with Crippen molar-refractivity contribution in [3.05, 3.63) is 29.6 Å². The van der Waals surface area contributed by atoms with E-state index in [-0.39, 0.29) is 12.5 Å². The molecule has 0 aromatic heterocycles. The number of halogens is 1. The highest BCUT2D eigenvalue weighted by molar-refractivity contribution is 5.81. The zero-order valence-electron chi connectivity index (χ0n) is 11.6. The standard InChI is InChI=1S/C14H21FN2O2/c1-4-8-17(9-13(19)16-3)14-11(10(2)18)6-5-7-12(14)15/h5-7,10,18H,4,8-9H2,1-3H3,(H,16,19). The van der Waals surface area contributed by atoms with Crippen LogP contribution in [0.2, 0.25) is 0 Å². The Morgan fingerprint density at radius 3 is 2.74 bits per heavy atom. The number of nitrogens with one attached hydrogen (secondary N) is 1. The van der Waals surface area contributed by atoms with Crippen LogP contribution in [0.15, 0.2) is 18.2 Å². The maximum Gasteiger partial charge on any atom is 0.239 e. The molecule has 0 radical (unpaired) electrons. The van der Waals surface area contributed by atoms with E-state index < -0.39 is 11.9 Å². The summed E-state index contributed by atoms with van der Waals surface area (Å²) in [7, 11) is 1.55. The van der Waals surface area contributed by atoms with Gasteiger partial charge in [-0.2, -0.15) is 0 Å². The molecule has 1 atom stereocenters. The zero-order chi connectivity index (χ0) is 14.4. The lowest BCUT2D eigenvalue weighted by molar-refractivity contribution is -0.119. The van der Waals surface area contributed by atoms with E-state index in [9.17, 15) is 14.3 Å². The van der Waals surface area contributed by atoms with Crippen LogP contribution in [0.4, 0.5) is 10.1 Å². The van der Waals surface area contributed by atoms with Crippen molar-refractivity contribution in [3.63, 3.8) is 0 Å². The molecule has 0 aliphatic heterocycles. The maximum absolute atomic E-state index is 14.1. The monoisotopic (exact) mass is 268 g/mol. The van der Waals surface area contributed by atoms with Crippen molar-refractivity contribution in [2.75, 3.05) is 25.0 Å². The Bertz CT molecular complexity index is 435. The molecule has 0 saturated heterocycles. The number of aliphatic hydroxyl groups is 1. The number of para-hydroxylation sites is 1. The summed E-state index contributed by atoms with van der Waals surface area (Å²) in [6.07, 6.45) is -0.000325. The van der Waals surface area contributed by atoms with Crippen molar-refractivity contribution >= 4 is 11.6 Å². The molecule has 4 nitrogen and oxygen atoms in total. The predicted molar refractivity (Wildman–Crippen MR) is 73.6 cm³/mol.